The Labute approximate surface area is 140 Å². The van der Waals surface area contributed by atoms with Crippen molar-refractivity contribution in [2.45, 2.75) is 33.1 Å². The van der Waals surface area contributed by atoms with Crippen LogP contribution in [0.25, 0.3) is 11.0 Å². The molecule has 3 rings (SSSR count). The number of ether oxygens (including phenoxy) is 1. The Hall–Kier alpha value is -2.50. The van der Waals surface area contributed by atoms with E-state index in [2.05, 4.69) is 5.32 Å². The maximum Gasteiger partial charge on any atom is 0.414 e. The molecule has 6 nitrogen and oxygen atoms in total. The van der Waals surface area contributed by atoms with Crippen molar-refractivity contribution in [1.82, 2.24) is 0 Å². The highest BCUT2D eigenvalue weighted by Crippen LogP contribution is 2.30. The highest BCUT2D eigenvalue weighted by atomic mass is 16.5. The van der Waals surface area contributed by atoms with Crippen LogP contribution in [-0.4, -0.2) is 25.8 Å². The summed E-state index contributed by atoms with van der Waals surface area (Å²) in [5, 5.41) is 3.15. The molecule has 0 bridgehead atoms. The molecule has 0 spiro atoms. The summed E-state index contributed by atoms with van der Waals surface area (Å²) in [5.74, 6) is 0.165. The number of anilines is 2. The second-order valence-electron chi connectivity index (χ2n) is 5.95. The van der Waals surface area contributed by atoms with Crippen LogP contribution in [0.3, 0.4) is 0 Å². The van der Waals surface area contributed by atoms with Crippen LogP contribution in [0.2, 0.25) is 0 Å². The van der Waals surface area contributed by atoms with Gasteiger partial charge < -0.3 is 14.1 Å². The molecule has 128 valence electrons. The summed E-state index contributed by atoms with van der Waals surface area (Å²) in [6.07, 6.45) is 2.56. The first kappa shape index (κ1) is 16.4. The molecule has 1 saturated heterocycles. The minimum Gasteiger partial charge on any atom is -0.450 e. The number of carbonyl (C=O) groups excluding carboxylic acids is 1. The Morgan fingerprint density at radius 2 is 2.04 bits per heavy atom. The maximum atomic E-state index is 13.1. The van der Waals surface area contributed by atoms with E-state index < -0.39 is 6.09 Å². The van der Waals surface area contributed by atoms with Crippen LogP contribution in [-0.2, 0) is 4.74 Å². The maximum absolute atomic E-state index is 13.1. The molecule has 0 aliphatic carbocycles. The zero-order valence-corrected chi connectivity index (χ0v) is 14.1. The number of hydrogen-bond donors (Lipinski definition) is 1. The van der Waals surface area contributed by atoms with Gasteiger partial charge in [-0.1, -0.05) is 12.1 Å². The third-order valence-corrected chi connectivity index (χ3v) is 4.27. The molecular formula is C18H22N2O4. The third kappa shape index (κ3) is 3.09. The van der Waals surface area contributed by atoms with Crippen molar-refractivity contribution in [2.75, 3.05) is 29.9 Å². The fraction of sp³-hybridized carbons (Fsp3) is 0.444. The molecule has 0 radical (unpaired) electrons. The molecule has 1 aliphatic rings. The van der Waals surface area contributed by atoms with Gasteiger partial charge in [0.15, 0.2) is 0 Å². The van der Waals surface area contributed by atoms with Gasteiger partial charge in [-0.25, -0.2) is 4.79 Å². The fourth-order valence-electron chi connectivity index (χ4n) is 3.15. The van der Waals surface area contributed by atoms with Gasteiger partial charge in [-0.3, -0.25) is 10.1 Å². The average molecular weight is 330 g/mol. The van der Waals surface area contributed by atoms with Crippen molar-refractivity contribution >= 4 is 28.6 Å². The van der Waals surface area contributed by atoms with E-state index >= 15 is 0 Å². The standard InChI is InChI=1S/C18H22N2O4/c1-3-23-18(22)19-17-15(20-10-5-4-6-11-20)16(21)14-12(2)8-7-9-13(14)24-17/h7-9H,3-6,10-11H2,1-2H3,(H,19,22). The number of hydrogen-bond acceptors (Lipinski definition) is 5. The third-order valence-electron chi connectivity index (χ3n) is 4.27. The van der Waals surface area contributed by atoms with Crippen LogP contribution in [0.4, 0.5) is 16.4 Å². The van der Waals surface area contributed by atoms with E-state index in [9.17, 15) is 9.59 Å². The number of piperidine rings is 1. The van der Waals surface area contributed by atoms with E-state index in [1.165, 1.54) is 0 Å². The molecular weight excluding hydrogens is 308 g/mol. The van der Waals surface area contributed by atoms with E-state index in [1.807, 2.05) is 24.0 Å². The molecule has 1 aromatic carbocycles. The Kier molecular flexibility index (Phi) is 4.74. The molecule has 2 heterocycles. The highest BCUT2D eigenvalue weighted by Gasteiger charge is 2.24. The predicted octanol–water partition coefficient (Wildman–Crippen LogP) is 3.66. The van der Waals surface area contributed by atoms with Gasteiger partial charge in [-0.05, 0) is 44.7 Å². The lowest BCUT2D eigenvalue weighted by molar-refractivity contribution is 0.167. The number of benzene rings is 1. The molecule has 1 N–H and O–H groups in total. The van der Waals surface area contributed by atoms with E-state index in [-0.39, 0.29) is 17.9 Å². The largest absolute Gasteiger partial charge is 0.450 e. The van der Waals surface area contributed by atoms with Gasteiger partial charge in [0.2, 0.25) is 11.3 Å². The van der Waals surface area contributed by atoms with Gasteiger partial charge >= 0.3 is 6.09 Å². The Morgan fingerprint density at radius 1 is 1.29 bits per heavy atom. The normalized spacial score (nSPS) is 14.7. The van der Waals surface area contributed by atoms with E-state index in [4.69, 9.17) is 9.15 Å². The second-order valence-corrected chi connectivity index (χ2v) is 5.95. The molecule has 0 atom stereocenters. The molecule has 1 fully saturated rings. The number of rotatable bonds is 3. The lowest BCUT2D eigenvalue weighted by atomic mass is 10.1. The predicted molar refractivity (Wildman–Crippen MR) is 93.9 cm³/mol. The van der Waals surface area contributed by atoms with Gasteiger partial charge in [0.1, 0.15) is 11.3 Å². The zero-order chi connectivity index (χ0) is 17.1. The second kappa shape index (κ2) is 6.95. The zero-order valence-electron chi connectivity index (χ0n) is 14.1. The van der Waals surface area contributed by atoms with E-state index in [0.29, 0.717) is 16.7 Å². The lowest BCUT2D eigenvalue weighted by Crippen LogP contribution is -2.34. The van der Waals surface area contributed by atoms with Gasteiger partial charge in [0, 0.05) is 13.1 Å². The minimum absolute atomic E-state index is 0.108. The fourth-order valence-corrected chi connectivity index (χ4v) is 3.15. The van der Waals surface area contributed by atoms with E-state index in [1.54, 1.807) is 13.0 Å². The van der Waals surface area contributed by atoms with Crippen LogP contribution in [0.5, 0.6) is 0 Å². The van der Waals surface area contributed by atoms with Crippen LogP contribution in [0, 0.1) is 6.92 Å². The van der Waals surface area contributed by atoms with Crippen LogP contribution < -0.4 is 15.6 Å². The summed E-state index contributed by atoms with van der Waals surface area (Å²) >= 11 is 0. The summed E-state index contributed by atoms with van der Waals surface area (Å²) in [7, 11) is 0. The number of carbonyl (C=O) groups is 1. The summed E-state index contributed by atoms with van der Waals surface area (Å²) in [6, 6.07) is 5.45. The van der Waals surface area contributed by atoms with Crippen LogP contribution >= 0.6 is 0 Å². The number of aryl methyl sites for hydroxylation is 1. The monoisotopic (exact) mass is 330 g/mol. The molecule has 1 aromatic heterocycles. The average Bonchev–Trinajstić information content (AvgIpc) is 2.56. The lowest BCUT2D eigenvalue weighted by Gasteiger charge is -2.29. The summed E-state index contributed by atoms with van der Waals surface area (Å²) in [5.41, 5.74) is 1.64. The van der Waals surface area contributed by atoms with Crippen molar-refractivity contribution in [3.8, 4) is 0 Å². The molecule has 0 saturated carbocycles. The van der Waals surface area contributed by atoms with Crippen molar-refractivity contribution in [1.29, 1.82) is 0 Å². The van der Waals surface area contributed by atoms with Gasteiger partial charge in [0.05, 0.1) is 12.0 Å². The van der Waals surface area contributed by atoms with Crippen molar-refractivity contribution in [3.05, 3.63) is 34.0 Å². The molecule has 1 amide bonds. The van der Waals surface area contributed by atoms with Crippen molar-refractivity contribution in [2.24, 2.45) is 0 Å². The molecule has 6 heteroatoms. The van der Waals surface area contributed by atoms with Gasteiger partial charge in [0.25, 0.3) is 0 Å². The molecule has 2 aromatic rings. The molecule has 24 heavy (non-hydrogen) atoms. The Morgan fingerprint density at radius 3 is 2.75 bits per heavy atom. The van der Waals surface area contributed by atoms with E-state index in [0.717, 1.165) is 37.9 Å². The van der Waals surface area contributed by atoms with Crippen LogP contribution in [0.1, 0.15) is 31.7 Å². The van der Waals surface area contributed by atoms with Gasteiger partial charge in [-0.2, -0.15) is 0 Å². The minimum atomic E-state index is -0.620. The van der Waals surface area contributed by atoms with Crippen molar-refractivity contribution < 1.29 is 13.9 Å². The first-order valence-electron chi connectivity index (χ1n) is 8.37. The number of nitrogens with zero attached hydrogens (tertiary/aromatic N) is 1. The number of nitrogens with one attached hydrogen (secondary N) is 1. The number of amides is 1. The first-order valence-corrected chi connectivity index (χ1v) is 8.37. The summed E-state index contributed by atoms with van der Waals surface area (Å²) < 4.78 is 10.8. The smallest absolute Gasteiger partial charge is 0.414 e. The molecule has 1 aliphatic heterocycles. The topological polar surface area (TPSA) is 71.8 Å². The molecule has 0 unspecified atom stereocenters. The Balaban J connectivity index is 2.16. The van der Waals surface area contributed by atoms with Crippen LogP contribution in [0.15, 0.2) is 27.4 Å². The Bertz CT molecular complexity index is 807. The quantitative estimate of drug-likeness (QED) is 0.930. The highest BCUT2D eigenvalue weighted by molar-refractivity contribution is 5.92. The first-order chi connectivity index (χ1) is 11.6. The van der Waals surface area contributed by atoms with Crippen molar-refractivity contribution in [3.63, 3.8) is 0 Å². The summed E-state index contributed by atoms with van der Waals surface area (Å²) in [4.78, 5) is 27.0. The van der Waals surface area contributed by atoms with Gasteiger partial charge in [-0.15, -0.1) is 0 Å². The SMILES string of the molecule is CCOC(=O)Nc1oc2cccc(C)c2c(=O)c1N1CCCCC1. The summed E-state index contributed by atoms with van der Waals surface area (Å²) in [6.45, 7) is 5.42. The number of fused-ring (bicyclic) bond motifs is 1.